The highest BCUT2D eigenvalue weighted by atomic mass is 32.2. The summed E-state index contributed by atoms with van der Waals surface area (Å²) in [5.41, 5.74) is 0. The number of hydrogen-bond donors (Lipinski definition) is 0. The number of benzene rings is 1. The van der Waals surface area contributed by atoms with Crippen LogP contribution in [0.25, 0.3) is 0 Å². The Morgan fingerprint density at radius 2 is 2.00 bits per heavy atom. The van der Waals surface area contributed by atoms with Gasteiger partial charge >= 0.3 is 6.16 Å². The Kier molecular flexibility index (Phi) is 4.01. The molecule has 104 valence electrons. The van der Waals surface area contributed by atoms with Gasteiger partial charge < -0.3 is 9.47 Å². The van der Waals surface area contributed by atoms with Crippen LogP contribution < -0.4 is 4.74 Å². The largest absolute Gasteiger partial charge is 0.514 e. The van der Waals surface area contributed by atoms with E-state index in [-0.39, 0.29) is 18.8 Å². The lowest BCUT2D eigenvalue weighted by molar-refractivity contribution is 0.0508. The molecule has 1 atom stereocenters. The summed E-state index contributed by atoms with van der Waals surface area (Å²) < 4.78 is 49.0. The molecule has 0 saturated carbocycles. The number of carbonyl (C=O) groups is 1. The Morgan fingerprint density at radius 1 is 1.32 bits per heavy atom. The van der Waals surface area contributed by atoms with E-state index in [1.165, 1.54) is 12.1 Å². The second-order valence-electron chi connectivity index (χ2n) is 3.88. The van der Waals surface area contributed by atoms with Crippen molar-refractivity contribution in [2.45, 2.75) is 12.5 Å². The van der Waals surface area contributed by atoms with Gasteiger partial charge in [0.05, 0.1) is 6.61 Å². The predicted octanol–water partition coefficient (Wildman–Crippen LogP) is 1.46. The third-order valence-corrected chi connectivity index (χ3v) is 3.68. The number of carbonyl (C=O) groups excluding carboxylic acids is 1. The third kappa shape index (κ3) is 4.18. The molecular formula is C11H11FO6S. The Morgan fingerprint density at radius 3 is 2.63 bits per heavy atom. The van der Waals surface area contributed by atoms with Crippen molar-refractivity contribution in [3.63, 3.8) is 0 Å². The van der Waals surface area contributed by atoms with E-state index in [2.05, 4.69) is 4.18 Å². The van der Waals surface area contributed by atoms with Gasteiger partial charge in [-0.2, -0.15) is 8.42 Å². The summed E-state index contributed by atoms with van der Waals surface area (Å²) in [6.07, 6.45) is -1.56. The predicted molar refractivity (Wildman–Crippen MR) is 61.7 cm³/mol. The Bertz CT molecular complexity index is 553. The Labute approximate surface area is 109 Å². The Balaban J connectivity index is 1.89. The van der Waals surface area contributed by atoms with Crippen LogP contribution >= 0.6 is 0 Å². The lowest BCUT2D eigenvalue weighted by atomic mass is 10.3. The van der Waals surface area contributed by atoms with Crippen molar-refractivity contribution in [1.82, 2.24) is 0 Å². The molecule has 1 aromatic carbocycles. The molecule has 0 N–H and O–H groups in total. The molecule has 1 fully saturated rings. The minimum absolute atomic E-state index is 0.0309. The molecule has 8 heteroatoms. The standard InChI is InChI=1S/C11H11FO6S/c12-8-1-3-9(4-2-8)17-11(13)18-10-5-6-16-19(14,15)7-10/h1-4,10H,5-7H2. The molecule has 1 aliphatic rings. The third-order valence-electron chi connectivity index (χ3n) is 2.37. The molecule has 0 radical (unpaired) electrons. The summed E-state index contributed by atoms with van der Waals surface area (Å²) in [6.45, 7) is -0.0309. The van der Waals surface area contributed by atoms with Crippen molar-refractivity contribution >= 4 is 16.3 Å². The molecular weight excluding hydrogens is 279 g/mol. The highest BCUT2D eigenvalue weighted by Crippen LogP contribution is 2.16. The molecule has 1 heterocycles. The summed E-state index contributed by atoms with van der Waals surface area (Å²) in [5.74, 6) is -0.747. The normalized spacial score (nSPS) is 21.6. The van der Waals surface area contributed by atoms with E-state index < -0.39 is 33.9 Å². The summed E-state index contributed by atoms with van der Waals surface area (Å²) in [7, 11) is -3.64. The lowest BCUT2D eigenvalue weighted by Gasteiger charge is -2.21. The molecule has 0 aliphatic carbocycles. The zero-order valence-electron chi connectivity index (χ0n) is 9.74. The summed E-state index contributed by atoms with van der Waals surface area (Å²) >= 11 is 0. The molecule has 6 nitrogen and oxygen atoms in total. The van der Waals surface area contributed by atoms with Gasteiger partial charge in [0.2, 0.25) is 0 Å². The number of halogens is 1. The first-order chi connectivity index (χ1) is 8.94. The molecule has 0 aromatic heterocycles. The van der Waals surface area contributed by atoms with Crippen molar-refractivity contribution in [2.75, 3.05) is 12.4 Å². The minimum atomic E-state index is -3.64. The molecule has 2 rings (SSSR count). The van der Waals surface area contributed by atoms with E-state index in [4.69, 9.17) is 9.47 Å². The van der Waals surface area contributed by atoms with Crippen molar-refractivity contribution < 1.29 is 31.3 Å². The number of hydrogen-bond acceptors (Lipinski definition) is 6. The van der Waals surface area contributed by atoms with Crippen LogP contribution in [0.3, 0.4) is 0 Å². The zero-order chi connectivity index (χ0) is 13.9. The van der Waals surface area contributed by atoms with Crippen molar-refractivity contribution in [1.29, 1.82) is 0 Å². The minimum Gasteiger partial charge on any atom is -0.429 e. The highest BCUT2D eigenvalue weighted by Gasteiger charge is 2.29. The first-order valence-corrected chi connectivity index (χ1v) is 7.03. The average Bonchev–Trinajstić information content (AvgIpc) is 2.30. The number of ether oxygens (including phenoxy) is 2. The van der Waals surface area contributed by atoms with E-state index in [0.717, 1.165) is 12.1 Å². The van der Waals surface area contributed by atoms with Crippen LogP contribution in [0, 0.1) is 5.82 Å². The summed E-state index contributed by atoms with van der Waals surface area (Å²) in [6, 6.07) is 4.78. The maximum atomic E-state index is 12.6. The van der Waals surface area contributed by atoms with Crippen molar-refractivity contribution in [3.8, 4) is 5.75 Å². The van der Waals surface area contributed by atoms with Gasteiger partial charge in [-0.1, -0.05) is 0 Å². The maximum absolute atomic E-state index is 12.6. The van der Waals surface area contributed by atoms with Crippen LogP contribution in [0.4, 0.5) is 9.18 Å². The van der Waals surface area contributed by atoms with E-state index in [1.54, 1.807) is 0 Å². The van der Waals surface area contributed by atoms with Crippen LogP contribution in [-0.2, 0) is 19.0 Å². The van der Waals surface area contributed by atoms with E-state index in [1.807, 2.05) is 0 Å². The second kappa shape index (κ2) is 5.54. The molecule has 1 saturated heterocycles. The van der Waals surface area contributed by atoms with Gasteiger partial charge in [0, 0.05) is 6.42 Å². The Hall–Kier alpha value is -1.67. The first-order valence-electron chi connectivity index (χ1n) is 5.46. The molecule has 0 amide bonds. The molecule has 0 bridgehead atoms. The zero-order valence-corrected chi connectivity index (χ0v) is 10.6. The van der Waals surface area contributed by atoms with Crippen LogP contribution in [0.15, 0.2) is 24.3 Å². The monoisotopic (exact) mass is 290 g/mol. The average molecular weight is 290 g/mol. The fourth-order valence-corrected chi connectivity index (χ4v) is 2.65. The van der Waals surface area contributed by atoms with Crippen molar-refractivity contribution in [3.05, 3.63) is 30.1 Å². The second-order valence-corrected chi connectivity index (χ2v) is 5.57. The molecule has 1 unspecified atom stereocenters. The van der Waals surface area contributed by atoms with Crippen molar-refractivity contribution in [2.24, 2.45) is 0 Å². The van der Waals surface area contributed by atoms with Crippen LogP contribution in [0.5, 0.6) is 5.75 Å². The van der Waals surface area contributed by atoms with E-state index >= 15 is 0 Å². The SMILES string of the molecule is O=C(Oc1ccc(F)cc1)OC1CCOS(=O)(=O)C1. The fraction of sp³-hybridized carbons (Fsp3) is 0.364. The maximum Gasteiger partial charge on any atom is 0.514 e. The number of rotatable bonds is 2. The quantitative estimate of drug-likeness (QED) is 0.466. The fourth-order valence-electron chi connectivity index (χ4n) is 1.52. The smallest absolute Gasteiger partial charge is 0.429 e. The first kappa shape index (κ1) is 13.8. The molecule has 1 aliphatic heterocycles. The van der Waals surface area contributed by atoms with Gasteiger partial charge in [-0.15, -0.1) is 0 Å². The van der Waals surface area contributed by atoms with E-state index in [9.17, 15) is 17.6 Å². The summed E-state index contributed by atoms with van der Waals surface area (Å²) in [4.78, 5) is 11.4. The molecule has 1 aromatic rings. The van der Waals surface area contributed by atoms with Gasteiger partial charge in [0.1, 0.15) is 23.4 Å². The van der Waals surface area contributed by atoms with Gasteiger partial charge in [0.25, 0.3) is 10.1 Å². The van der Waals surface area contributed by atoms with Gasteiger partial charge in [-0.25, -0.2) is 9.18 Å². The van der Waals surface area contributed by atoms with E-state index in [0.29, 0.717) is 0 Å². The van der Waals surface area contributed by atoms with Crippen LogP contribution in [0.1, 0.15) is 6.42 Å². The molecule has 19 heavy (non-hydrogen) atoms. The topological polar surface area (TPSA) is 78.9 Å². The lowest BCUT2D eigenvalue weighted by Crippen LogP contribution is -2.34. The van der Waals surface area contributed by atoms with Crippen LogP contribution in [-0.4, -0.2) is 33.0 Å². The van der Waals surface area contributed by atoms with Crippen LogP contribution in [0.2, 0.25) is 0 Å². The molecule has 0 spiro atoms. The van der Waals surface area contributed by atoms with Gasteiger partial charge in [-0.05, 0) is 24.3 Å². The highest BCUT2D eigenvalue weighted by molar-refractivity contribution is 7.86. The van der Waals surface area contributed by atoms with Gasteiger partial charge in [-0.3, -0.25) is 4.18 Å². The van der Waals surface area contributed by atoms with Gasteiger partial charge in [0.15, 0.2) is 0 Å². The summed E-state index contributed by atoms with van der Waals surface area (Å²) in [5, 5.41) is 0.